The number of nitrogens with one attached hydrogen (secondary N) is 2. The number of ether oxygens (including phenoxy) is 1. The molecule has 0 saturated carbocycles. The second-order valence-electron chi connectivity index (χ2n) is 4.30. The van der Waals surface area contributed by atoms with Crippen LogP contribution in [-0.4, -0.2) is 36.8 Å². The molecule has 0 aliphatic heterocycles. The summed E-state index contributed by atoms with van der Waals surface area (Å²) in [6, 6.07) is 6.24. The molecule has 0 bridgehead atoms. The van der Waals surface area contributed by atoms with E-state index in [0.717, 1.165) is 11.3 Å². The molecule has 0 radical (unpaired) electrons. The van der Waals surface area contributed by atoms with Crippen molar-refractivity contribution in [1.82, 2.24) is 10.6 Å². The first kappa shape index (κ1) is 15.8. The molecule has 1 atom stereocenters. The van der Waals surface area contributed by atoms with E-state index in [9.17, 15) is 9.59 Å². The number of rotatable bonds is 7. The Balaban J connectivity index is 2.36. The number of carboxylic acid groups (broad SMARTS) is 1. The van der Waals surface area contributed by atoms with Crippen molar-refractivity contribution in [3.63, 3.8) is 0 Å². The minimum Gasteiger partial charge on any atom is -0.497 e. The van der Waals surface area contributed by atoms with Gasteiger partial charge >= 0.3 is 12.0 Å². The number of carboxylic acids is 1. The van der Waals surface area contributed by atoms with E-state index in [-0.39, 0.29) is 0 Å². The number of benzene rings is 1. The molecule has 6 heteroatoms. The Labute approximate surface area is 118 Å². The Morgan fingerprint density at radius 1 is 1.40 bits per heavy atom. The average molecular weight is 280 g/mol. The average Bonchev–Trinajstić information content (AvgIpc) is 2.44. The van der Waals surface area contributed by atoms with Gasteiger partial charge < -0.3 is 20.5 Å². The molecule has 2 amide bonds. The van der Waals surface area contributed by atoms with Gasteiger partial charge in [0.1, 0.15) is 11.8 Å². The molecule has 0 heterocycles. The SMILES string of the molecule is CCC(NC(=O)NCCc1cccc(OC)c1)C(=O)O. The number of aliphatic carboxylic acids is 1. The highest BCUT2D eigenvalue weighted by Crippen LogP contribution is 2.12. The zero-order valence-electron chi connectivity index (χ0n) is 11.7. The normalized spacial score (nSPS) is 11.5. The van der Waals surface area contributed by atoms with Gasteiger partial charge in [0, 0.05) is 6.54 Å². The lowest BCUT2D eigenvalue weighted by atomic mass is 10.1. The summed E-state index contributed by atoms with van der Waals surface area (Å²) in [6.45, 7) is 2.13. The van der Waals surface area contributed by atoms with Crippen LogP contribution in [0.1, 0.15) is 18.9 Å². The van der Waals surface area contributed by atoms with E-state index in [0.29, 0.717) is 19.4 Å². The molecule has 0 aliphatic rings. The van der Waals surface area contributed by atoms with E-state index in [1.807, 2.05) is 24.3 Å². The summed E-state index contributed by atoms with van der Waals surface area (Å²) in [7, 11) is 1.60. The molecule has 1 aromatic carbocycles. The first-order valence-corrected chi connectivity index (χ1v) is 6.47. The van der Waals surface area contributed by atoms with Crippen molar-refractivity contribution in [1.29, 1.82) is 0 Å². The van der Waals surface area contributed by atoms with Gasteiger partial charge in [-0.25, -0.2) is 9.59 Å². The van der Waals surface area contributed by atoms with Crippen LogP contribution in [0.4, 0.5) is 4.79 Å². The summed E-state index contributed by atoms with van der Waals surface area (Å²) in [5.41, 5.74) is 1.04. The van der Waals surface area contributed by atoms with Crippen molar-refractivity contribution in [3.8, 4) is 5.75 Å². The molecule has 0 saturated heterocycles. The fourth-order valence-corrected chi connectivity index (χ4v) is 1.70. The van der Waals surface area contributed by atoms with Crippen LogP contribution in [-0.2, 0) is 11.2 Å². The minimum atomic E-state index is -1.03. The lowest BCUT2D eigenvalue weighted by molar-refractivity contribution is -0.139. The van der Waals surface area contributed by atoms with Crippen LogP contribution in [0.25, 0.3) is 0 Å². The first-order valence-electron chi connectivity index (χ1n) is 6.47. The highest BCUT2D eigenvalue weighted by molar-refractivity contribution is 5.82. The van der Waals surface area contributed by atoms with Gasteiger partial charge in [-0.1, -0.05) is 19.1 Å². The number of carbonyl (C=O) groups excluding carboxylic acids is 1. The predicted molar refractivity (Wildman–Crippen MR) is 74.9 cm³/mol. The highest BCUT2D eigenvalue weighted by atomic mass is 16.5. The maximum absolute atomic E-state index is 11.5. The smallest absolute Gasteiger partial charge is 0.326 e. The number of carbonyl (C=O) groups is 2. The number of urea groups is 1. The van der Waals surface area contributed by atoms with E-state index < -0.39 is 18.0 Å². The van der Waals surface area contributed by atoms with E-state index in [4.69, 9.17) is 9.84 Å². The van der Waals surface area contributed by atoms with Crippen molar-refractivity contribution in [3.05, 3.63) is 29.8 Å². The van der Waals surface area contributed by atoms with Crippen LogP contribution in [0.3, 0.4) is 0 Å². The van der Waals surface area contributed by atoms with Crippen LogP contribution in [0.15, 0.2) is 24.3 Å². The van der Waals surface area contributed by atoms with Gasteiger partial charge in [0.2, 0.25) is 0 Å². The van der Waals surface area contributed by atoms with Crippen LogP contribution < -0.4 is 15.4 Å². The summed E-state index contributed by atoms with van der Waals surface area (Å²) < 4.78 is 5.11. The van der Waals surface area contributed by atoms with Gasteiger partial charge in [-0.15, -0.1) is 0 Å². The van der Waals surface area contributed by atoms with E-state index in [2.05, 4.69) is 10.6 Å². The van der Waals surface area contributed by atoms with Crippen LogP contribution in [0.5, 0.6) is 5.75 Å². The molecule has 1 unspecified atom stereocenters. The van der Waals surface area contributed by atoms with Crippen molar-refractivity contribution >= 4 is 12.0 Å². The minimum absolute atomic E-state index is 0.346. The largest absolute Gasteiger partial charge is 0.497 e. The molecule has 6 nitrogen and oxygen atoms in total. The van der Waals surface area contributed by atoms with Crippen molar-refractivity contribution in [2.45, 2.75) is 25.8 Å². The number of hydrogen-bond donors (Lipinski definition) is 3. The standard InChI is InChI=1S/C14H20N2O4/c1-3-12(13(17)18)16-14(19)15-8-7-10-5-4-6-11(9-10)20-2/h4-6,9,12H,3,7-8H2,1-2H3,(H,17,18)(H2,15,16,19). The molecular weight excluding hydrogens is 260 g/mol. The Hall–Kier alpha value is -2.24. The molecule has 0 aromatic heterocycles. The van der Waals surface area contributed by atoms with Gasteiger partial charge in [0.05, 0.1) is 7.11 Å². The monoisotopic (exact) mass is 280 g/mol. The van der Waals surface area contributed by atoms with E-state index in [1.165, 1.54) is 0 Å². The number of methoxy groups -OCH3 is 1. The molecule has 3 N–H and O–H groups in total. The van der Waals surface area contributed by atoms with Crippen LogP contribution >= 0.6 is 0 Å². The topological polar surface area (TPSA) is 87.7 Å². The first-order chi connectivity index (χ1) is 9.56. The lowest BCUT2D eigenvalue weighted by Crippen LogP contribution is -2.46. The molecule has 1 aromatic rings. The molecular formula is C14H20N2O4. The summed E-state index contributed by atoms with van der Waals surface area (Å²) in [5, 5.41) is 13.9. The van der Waals surface area contributed by atoms with Crippen LogP contribution in [0, 0.1) is 0 Å². The van der Waals surface area contributed by atoms with Crippen molar-refractivity contribution < 1.29 is 19.4 Å². The van der Waals surface area contributed by atoms with Crippen molar-refractivity contribution in [2.75, 3.05) is 13.7 Å². The van der Waals surface area contributed by atoms with Crippen LogP contribution in [0.2, 0.25) is 0 Å². The fourth-order valence-electron chi connectivity index (χ4n) is 1.70. The lowest BCUT2D eigenvalue weighted by Gasteiger charge is -2.13. The zero-order chi connectivity index (χ0) is 15.0. The summed E-state index contributed by atoms with van der Waals surface area (Å²) in [4.78, 5) is 22.3. The Bertz CT molecular complexity index is 462. The second-order valence-corrected chi connectivity index (χ2v) is 4.30. The maximum atomic E-state index is 11.5. The Morgan fingerprint density at radius 2 is 2.15 bits per heavy atom. The van der Waals surface area contributed by atoms with Gasteiger partial charge in [-0.05, 0) is 30.5 Å². The van der Waals surface area contributed by atoms with Crippen molar-refractivity contribution in [2.24, 2.45) is 0 Å². The zero-order valence-corrected chi connectivity index (χ0v) is 11.7. The highest BCUT2D eigenvalue weighted by Gasteiger charge is 2.16. The third-order valence-electron chi connectivity index (χ3n) is 2.85. The molecule has 110 valence electrons. The third-order valence-corrected chi connectivity index (χ3v) is 2.85. The second kappa shape index (κ2) is 8.04. The van der Waals surface area contributed by atoms with Gasteiger partial charge in [0.15, 0.2) is 0 Å². The fraction of sp³-hybridized carbons (Fsp3) is 0.429. The van der Waals surface area contributed by atoms with Gasteiger partial charge in [-0.2, -0.15) is 0 Å². The maximum Gasteiger partial charge on any atom is 0.326 e. The quantitative estimate of drug-likeness (QED) is 0.704. The number of amides is 2. The Kier molecular flexibility index (Phi) is 6.36. The molecule has 1 rings (SSSR count). The van der Waals surface area contributed by atoms with Gasteiger partial charge in [-0.3, -0.25) is 0 Å². The molecule has 20 heavy (non-hydrogen) atoms. The third kappa shape index (κ3) is 5.17. The molecule has 0 aliphatic carbocycles. The molecule has 0 fully saturated rings. The number of hydrogen-bond acceptors (Lipinski definition) is 3. The summed E-state index contributed by atoms with van der Waals surface area (Å²) >= 11 is 0. The summed E-state index contributed by atoms with van der Waals surface area (Å²) in [6.07, 6.45) is 0.993. The summed E-state index contributed by atoms with van der Waals surface area (Å²) in [5.74, 6) is -0.265. The predicted octanol–water partition coefficient (Wildman–Crippen LogP) is 1.40. The van der Waals surface area contributed by atoms with Gasteiger partial charge in [0.25, 0.3) is 0 Å². The molecule has 0 spiro atoms. The van der Waals surface area contributed by atoms with E-state index >= 15 is 0 Å². The Morgan fingerprint density at radius 3 is 2.75 bits per heavy atom. The van der Waals surface area contributed by atoms with E-state index in [1.54, 1.807) is 14.0 Å².